The largest absolute Gasteiger partial charge is 0.390 e. The molecule has 5 atom stereocenters. The maximum Gasteiger partial charge on any atom is 0.184 e. The summed E-state index contributed by atoms with van der Waals surface area (Å²) in [5.74, 6) is 0.0684. The Kier molecular flexibility index (Phi) is 3.35. The lowest BCUT2D eigenvalue weighted by molar-refractivity contribution is -0.302. The average molecular weight is 250 g/mol. The number of ether oxygens (including phenoxy) is 3. The van der Waals surface area contributed by atoms with Gasteiger partial charge in [0.25, 0.3) is 0 Å². The van der Waals surface area contributed by atoms with Gasteiger partial charge in [0.15, 0.2) is 6.29 Å². The zero-order chi connectivity index (χ0) is 12.5. The predicted molar refractivity (Wildman–Crippen MR) is 64.9 cm³/mol. The van der Waals surface area contributed by atoms with Gasteiger partial charge in [0.05, 0.1) is 25.4 Å². The minimum Gasteiger partial charge on any atom is -0.390 e. The molecule has 98 valence electrons. The Hall–Kier alpha value is -0.940. The Morgan fingerprint density at radius 3 is 2.67 bits per heavy atom. The maximum absolute atomic E-state index is 9.83. The molecule has 1 aromatic rings. The van der Waals surface area contributed by atoms with Crippen LogP contribution in [0.3, 0.4) is 0 Å². The second-order valence-corrected chi connectivity index (χ2v) is 4.97. The standard InChI is InChI=1S/C14H18O4/c1-9-11(15)7-16-12-8-17-14(18-13(9)12)10-5-3-2-4-6-10/h2-6,9,11-15H,7-8H2,1H3/t9-,11-,12+,13?,14+/m0/s1. The van der Waals surface area contributed by atoms with Crippen LogP contribution >= 0.6 is 0 Å². The molecule has 1 aromatic carbocycles. The highest BCUT2D eigenvalue weighted by Gasteiger charge is 2.42. The van der Waals surface area contributed by atoms with Gasteiger partial charge in [-0.15, -0.1) is 0 Å². The van der Waals surface area contributed by atoms with Crippen molar-refractivity contribution in [2.24, 2.45) is 5.92 Å². The van der Waals surface area contributed by atoms with Crippen LogP contribution in [0.1, 0.15) is 18.8 Å². The average Bonchev–Trinajstić information content (AvgIpc) is 2.44. The highest BCUT2D eigenvalue weighted by molar-refractivity contribution is 5.16. The number of hydrogen-bond acceptors (Lipinski definition) is 4. The lowest BCUT2D eigenvalue weighted by atomic mass is 9.91. The van der Waals surface area contributed by atoms with Crippen LogP contribution in [0.15, 0.2) is 30.3 Å². The highest BCUT2D eigenvalue weighted by atomic mass is 16.7. The van der Waals surface area contributed by atoms with Gasteiger partial charge >= 0.3 is 0 Å². The van der Waals surface area contributed by atoms with Crippen molar-refractivity contribution in [2.75, 3.05) is 13.2 Å². The van der Waals surface area contributed by atoms with Crippen molar-refractivity contribution in [2.45, 2.75) is 31.5 Å². The minimum atomic E-state index is -0.458. The highest BCUT2D eigenvalue weighted by Crippen LogP contribution is 2.34. The van der Waals surface area contributed by atoms with Crippen molar-refractivity contribution < 1.29 is 19.3 Å². The second-order valence-electron chi connectivity index (χ2n) is 4.97. The summed E-state index contributed by atoms with van der Waals surface area (Å²) in [5.41, 5.74) is 1.00. The van der Waals surface area contributed by atoms with Crippen molar-refractivity contribution in [3.63, 3.8) is 0 Å². The van der Waals surface area contributed by atoms with Crippen molar-refractivity contribution >= 4 is 0 Å². The molecule has 0 saturated carbocycles. The van der Waals surface area contributed by atoms with E-state index in [1.807, 2.05) is 37.3 Å². The molecule has 0 radical (unpaired) electrons. The zero-order valence-corrected chi connectivity index (χ0v) is 10.4. The van der Waals surface area contributed by atoms with E-state index in [9.17, 15) is 5.11 Å². The fourth-order valence-corrected chi connectivity index (χ4v) is 2.53. The summed E-state index contributed by atoms with van der Waals surface area (Å²) in [6, 6.07) is 9.85. The Balaban J connectivity index is 1.75. The number of aliphatic hydroxyl groups excluding tert-OH is 1. The molecule has 0 amide bonds. The Morgan fingerprint density at radius 1 is 1.11 bits per heavy atom. The minimum absolute atomic E-state index is 0.0663. The Bertz CT molecular complexity index is 392. The second kappa shape index (κ2) is 4.97. The van der Waals surface area contributed by atoms with Gasteiger partial charge in [-0.1, -0.05) is 37.3 Å². The molecule has 18 heavy (non-hydrogen) atoms. The first-order chi connectivity index (χ1) is 8.75. The van der Waals surface area contributed by atoms with E-state index in [4.69, 9.17) is 14.2 Å². The molecule has 4 nitrogen and oxygen atoms in total. The molecular weight excluding hydrogens is 232 g/mol. The molecule has 0 spiro atoms. The molecule has 2 aliphatic heterocycles. The fraction of sp³-hybridized carbons (Fsp3) is 0.571. The molecule has 1 unspecified atom stereocenters. The van der Waals surface area contributed by atoms with Gasteiger partial charge in [0.1, 0.15) is 6.10 Å². The molecule has 2 fully saturated rings. The molecule has 1 N–H and O–H groups in total. The van der Waals surface area contributed by atoms with Gasteiger partial charge in [-0.25, -0.2) is 0 Å². The third kappa shape index (κ3) is 2.17. The van der Waals surface area contributed by atoms with Crippen molar-refractivity contribution in [1.82, 2.24) is 0 Å². The maximum atomic E-state index is 9.83. The van der Waals surface area contributed by atoms with E-state index in [1.165, 1.54) is 0 Å². The molecule has 0 aliphatic carbocycles. The van der Waals surface area contributed by atoms with Crippen LogP contribution in [0.5, 0.6) is 0 Å². The Labute approximate surface area is 106 Å². The van der Waals surface area contributed by atoms with Crippen LogP contribution in [0, 0.1) is 5.92 Å². The molecule has 4 heteroatoms. The van der Waals surface area contributed by atoms with E-state index in [-0.39, 0.29) is 24.4 Å². The van der Waals surface area contributed by atoms with Crippen LogP contribution < -0.4 is 0 Å². The number of benzene rings is 1. The summed E-state index contributed by atoms with van der Waals surface area (Å²) in [4.78, 5) is 0. The lowest BCUT2D eigenvalue weighted by Gasteiger charge is -2.44. The quantitative estimate of drug-likeness (QED) is 0.820. The molecule has 2 saturated heterocycles. The predicted octanol–water partition coefficient (Wildman–Crippen LogP) is 1.50. The normalized spacial score (nSPS) is 40.2. The molecule has 3 rings (SSSR count). The van der Waals surface area contributed by atoms with E-state index in [0.717, 1.165) is 5.56 Å². The van der Waals surface area contributed by atoms with Crippen molar-refractivity contribution in [1.29, 1.82) is 0 Å². The molecule has 0 aromatic heterocycles. The van der Waals surface area contributed by atoms with E-state index >= 15 is 0 Å². The van der Waals surface area contributed by atoms with Gasteiger partial charge in [0, 0.05) is 11.5 Å². The van der Waals surface area contributed by atoms with Gasteiger partial charge in [-0.05, 0) is 0 Å². The summed E-state index contributed by atoms with van der Waals surface area (Å²) in [5, 5.41) is 9.83. The van der Waals surface area contributed by atoms with Crippen molar-refractivity contribution in [3.8, 4) is 0 Å². The molecular formula is C14H18O4. The van der Waals surface area contributed by atoms with E-state index in [1.54, 1.807) is 0 Å². The van der Waals surface area contributed by atoms with Gasteiger partial charge in [-0.3, -0.25) is 0 Å². The van der Waals surface area contributed by atoms with Crippen LogP contribution in [0.4, 0.5) is 0 Å². The van der Waals surface area contributed by atoms with Gasteiger partial charge in [-0.2, -0.15) is 0 Å². The number of rotatable bonds is 1. The molecule has 2 aliphatic rings. The summed E-state index contributed by atoms with van der Waals surface area (Å²) in [6.07, 6.45) is -0.986. The first kappa shape index (κ1) is 12.1. The third-order valence-electron chi connectivity index (χ3n) is 3.74. The summed E-state index contributed by atoms with van der Waals surface area (Å²) < 4.78 is 17.2. The van der Waals surface area contributed by atoms with Crippen LogP contribution in [0.2, 0.25) is 0 Å². The number of aliphatic hydroxyl groups is 1. The molecule has 0 bridgehead atoms. The smallest absolute Gasteiger partial charge is 0.184 e. The van der Waals surface area contributed by atoms with Crippen molar-refractivity contribution in [3.05, 3.63) is 35.9 Å². The monoisotopic (exact) mass is 250 g/mol. The number of fused-ring (bicyclic) bond motifs is 1. The zero-order valence-electron chi connectivity index (χ0n) is 10.4. The van der Waals surface area contributed by atoms with E-state index in [2.05, 4.69) is 0 Å². The van der Waals surface area contributed by atoms with E-state index < -0.39 is 6.10 Å². The van der Waals surface area contributed by atoms with Crippen LogP contribution in [-0.2, 0) is 14.2 Å². The van der Waals surface area contributed by atoms with Crippen LogP contribution in [0.25, 0.3) is 0 Å². The first-order valence-corrected chi connectivity index (χ1v) is 6.37. The van der Waals surface area contributed by atoms with E-state index in [0.29, 0.717) is 13.2 Å². The topological polar surface area (TPSA) is 47.9 Å². The number of hydrogen-bond donors (Lipinski definition) is 1. The summed E-state index contributed by atoms with van der Waals surface area (Å²) in [6.45, 7) is 2.88. The van der Waals surface area contributed by atoms with Gasteiger partial charge in [0.2, 0.25) is 0 Å². The van der Waals surface area contributed by atoms with Crippen LogP contribution in [-0.4, -0.2) is 36.6 Å². The summed E-state index contributed by atoms with van der Waals surface area (Å²) >= 11 is 0. The third-order valence-corrected chi connectivity index (χ3v) is 3.74. The SMILES string of the molecule is C[C@@H]1C2O[C@H](c3ccccc3)OC[C@H]2OC[C@@H]1O. The van der Waals surface area contributed by atoms with Gasteiger partial charge < -0.3 is 19.3 Å². The first-order valence-electron chi connectivity index (χ1n) is 6.37. The molecule has 2 heterocycles. The lowest BCUT2D eigenvalue weighted by Crippen LogP contribution is -2.54. The fourth-order valence-electron chi connectivity index (χ4n) is 2.53. The Morgan fingerprint density at radius 2 is 1.89 bits per heavy atom. The summed E-state index contributed by atoms with van der Waals surface area (Å²) in [7, 11) is 0.